The van der Waals surface area contributed by atoms with E-state index in [0.717, 1.165) is 30.1 Å². The molecule has 0 aliphatic carbocycles. The molecule has 0 radical (unpaired) electrons. The molecule has 2 heteroatoms. The fraction of sp³-hybridized carbons (Fsp3) is 0.400. The zero-order valence-electron chi connectivity index (χ0n) is 13.1. The summed E-state index contributed by atoms with van der Waals surface area (Å²) in [7, 11) is 0. The SMILES string of the molecule is CCCC1CCC(c2ccc(-c3ccc(F)cc3)cc2)OC1. The van der Waals surface area contributed by atoms with E-state index in [-0.39, 0.29) is 11.9 Å². The van der Waals surface area contributed by atoms with Crippen LogP contribution >= 0.6 is 0 Å². The second-order valence-corrected chi connectivity index (χ2v) is 6.18. The van der Waals surface area contributed by atoms with Gasteiger partial charge in [0.05, 0.1) is 12.7 Å². The Morgan fingerprint density at radius 3 is 2.14 bits per heavy atom. The Bertz CT molecular complexity index is 580. The van der Waals surface area contributed by atoms with Crippen molar-refractivity contribution in [1.82, 2.24) is 0 Å². The molecule has 1 aliphatic heterocycles. The molecule has 1 saturated heterocycles. The third kappa shape index (κ3) is 3.56. The third-order valence-corrected chi connectivity index (χ3v) is 4.53. The molecule has 1 aliphatic rings. The summed E-state index contributed by atoms with van der Waals surface area (Å²) in [4.78, 5) is 0. The van der Waals surface area contributed by atoms with E-state index in [1.165, 1.54) is 37.0 Å². The highest BCUT2D eigenvalue weighted by atomic mass is 19.1. The summed E-state index contributed by atoms with van der Waals surface area (Å²) in [6.07, 6.45) is 5.12. The first-order valence-electron chi connectivity index (χ1n) is 8.23. The molecule has 116 valence electrons. The van der Waals surface area contributed by atoms with Crippen molar-refractivity contribution in [2.24, 2.45) is 5.92 Å². The van der Waals surface area contributed by atoms with E-state index in [4.69, 9.17) is 4.74 Å². The fourth-order valence-corrected chi connectivity index (χ4v) is 3.24. The minimum Gasteiger partial charge on any atom is -0.373 e. The van der Waals surface area contributed by atoms with Crippen LogP contribution in [0.2, 0.25) is 0 Å². The molecule has 1 fully saturated rings. The zero-order valence-corrected chi connectivity index (χ0v) is 13.1. The molecule has 0 spiro atoms. The molecule has 0 amide bonds. The van der Waals surface area contributed by atoms with Gasteiger partial charge in [-0.15, -0.1) is 0 Å². The lowest BCUT2D eigenvalue weighted by molar-refractivity contribution is -0.0194. The van der Waals surface area contributed by atoms with E-state index >= 15 is 0 Å². The summed E-state index contributed by atoms with van der Waals surface area (Å²) in [6.45, 7) is 3.12. The number of rotatable bonds is 4. The van der Waals surface area contributed by atoms with Crippen LogP contribution in [0.25, 0.3) is 11.1 Å². The summed E-state index contributed by atoms with van der Waals surface area (Å²) in [5.74, 6) is 0.539. The monoisotopic (exact) mass is 298 g/mol. The Morgan fingerprint density at radius 1 is 0.955 bits per heavy atom. The lowest BCUT2D eigenvalue weighted by Gasteiger charge is -2.29. The number of hydrogen-bond donors (Lipinski definition) is 0. The second-order valence-electron chi connectivity index (χ2n) is 6.18. The third-order valence-electron chi connectivity index (χ3n) is 4.53. The highest BCUT2D eigenvalue weighted by Gasteiger charge is 2.22. The van der Waals surface area contributed by atoms with Crippen LogP contribution in [0.15, 0.2) is 48.5 Å². The Labute approximate surface area is 132 Å². The van der Waals surface area contributed by atoms with Gasteiger partial charge in [0.15, 0.2) is 0 Å². The van der Waals surface area contributed by atoms with E-state index in [9.17, 15) is 4.39 Å². The first kappa shape index (κ1) is 15.2. The van der Waals surface area contributed by atoms with Crippen molar-refractivity contribution in [1.29, 1.82) is 0 Å². The van der Waals surface area contributed by atoms with Gasteiger partial charge < -0.3 is 4.74 Å². The fourth-order valence-electron chi connectivity index (χ4n) is 3.24. The zero-order chi connectivity index (χ0) is 15.4. The van der Waals surface area contributed by atoms with E-state index in [1.807, 2.05) is 12.1 Å². The van der Waals surface area contributed by atoms with Gasteiger partial charge in [0.2, 0.25) is 0 Å². The van der Waals surface area contributed by atoms with Crippen molar-refractivity contribution >= 4 is 0 Å². The van der Waals surface area contributed by atoms with Crippen LogP contribution in [-0.4, -0.2) is 6.61 Å². The van der Waals surface area contributed by atoms with Crippen LogP contribution in [0.5, 0.6) is 0 Å². The van der Waals surface area contributed by atoms with Gasteiger partial charge in [-0.05, 0) is 54.0 Å². The van der Waals surface area contributed by atoms with Gasteiger partial charge in [0.25, 0.3) is 0 Å². The van der Waals surface area contributed by atoms with E-state index < -0.39 is 0 Å². The molecule has 2 unspecified atom stereocenters. The predicted molar refractivity (Wildman–Crippen MR) is 88.2 cm³/mol. The van der Waals surface area contributed by atoms with Crippen LogP contribution in [0.1, 0.15) is 44.3 Å². The summed E-state index contributed by atoms with van der Waals surface area (Å²) >= 11 is 0. The molecule has 22 heavy (non-hydrogen) atoms. The first-order valence-corrected chi connectivity index (χ1v) is 8.23. The van der Waals surface area contributed by atoms with Crippen molar-refractivity contribution < 1.29 is 9.13 Å². The Kier molecular flexibility index (Phi) is 4.89. The highest BCUT2D eigenvalue weighted by Crippen LogP contribution is 2.33. The molecule has 2 aromatic rings. The van der Waals surface area contributed by atoms with Gasteiger partial charge in [-0.1, -0.05) is 49.7 Å². The molecule has 2 atom stereocenters. The van der Waals surface area contributed by atoms with Crippen molar-refractivity contribution in [3.05, 3.63) is 59.9 Å². The Balaban J connectivity index is 1.66. The lowest BCUT2D eigenvalue weighted by Crippen LogP contribution is -2.20. The normalized spacial score (nSPS) is 21.7. The maximum Gasteiger partial charge on any atom is 0.123 e. The minimum absolute atomic E-state index is 0.197. The van der Waals surface area contributed by atoms with E-state index in [2.05, 4.69) is 31.2 Å². The molecule has 0 saturated carbocycles. The Morgan fingerprint density at radius 2 is 1.59 bits per heavy atom. The van der Waals surface area contributed by atoms with E-state index in [1.54, 1.807) is 0 Å². The summed E-state index contributed by atoms with van der Waals surface area (Å²) in [6, 6.07) is 15.1. The molecule has 0 aromatic heterocycles. The smallest absolute Gasteiger partial charge is 0.123 e. The minimum atomic E-state index is -0.197. The second kappa shape index (κ2) is 7.06. The maximum absolute atomic E-state index is 13.0. The molecule has 1 nitrogen and oxygen atoms in total. The number of benzene rings is 2. The summed E-state index contributed by atoms with van der Waals surface area (Å²) in [5.41, 5.74) is 3.41. The average molecular weight is 298 g/mol. The maximum atomic E-state index is 13.0. The van der Waals surface area contributed by atoms with E-state index in [0.29, 0.717) is 0 Å². The van der Waals surface area contributed by atoms with Crippen LogP contribution in [0.4, 0.5) is 4.39 Å². The number of ether oxygens (including phenoxy) is 1. The van der Waals surface area contributed by atoms with Crippen molar-refractivity contribution in [2.45, 2.75) is 38.7 Å². The largest absolute Gasteiger partial charge is 0.373 e. The molecular weight excluding hydrogens is 275 g/mol. The van der Waals surface area contributed by atoms with Gasteiger partial charge in [-0.25, -0.2) is 4.39 Å². The van der Waals surface area contributed by atoms with Crippen molar-refractivity contribution in [3.8, 4) is 11.1 Å². The van der Waals surface area contributed by atoms with Crippen LogP contribution < -0.4 is 0 Å². The first-order chi connectivity index (χ1) is 10.8. The highest BCUT2D eigenvalue weighted by molar-refractivity contribution is 5.63. The Hall–Kier alpha value is -1.67. The van der Waals surface area contributed by atoms with Gasteiger partial charge in [0, 0.05) is 0 Å². The molecule has 0 N–H and O–H groups in total. The van der Waals surface area contributed by atoms with Gasteiger partial charge in [-0.3, -0.25) is 0 Å². The number of hydrogen-bond acceptors (Lipinski definition) is 1. The molecule has 1 heterocycles. The lowest BCUT2D eigenvalue weighted by atomic mass is 9.91. The number of halogens is 1. The summed E-state index contributed by atoms with van der Waals surface area (Å²) < 4.78 is 19.0. The molecule has 3 rings (SSSR count). The standard InChI is InChI=1S/C20H23FO/c1-2-3-15-4-13-20(22-14-15)18-7-5-16(6-8-18)17-9-11-19(21)12-10-17/h5-12,15,20H,2-4,13-14H2,1H3. The topological polar surface area (TPSA) is 9.23 Å². The van der Waals surface area contributed by atoms with Crippen LogP contribution in [0, 0.1) is 11.7 Å². The molecule has 0 bridgehead atoms. The van der Waals surface area contributed by atoms with Crippen LogP contribution in [-0.2, 0) is 4.74 Å². The van der Waals surface area contributed by atoms with Gasteiger partial charge >= 0.3 is 0 Å². The van der Waals surface area contributed by atoms with Gasteiger partial charge in [0.1, 0.15) is 5.82 Å². The molecule has 2 aromatic carbocycles. The summed E-state index contributed by atoms with van der Waals surface area (Å²) in [5, 5.41) is 0. The quantitative estimate of drug-likeness (QED) is 0.697. The van der Waals surface area contributed by atoms with Gasteiger partial charge in [-0.2, -0.15) is 0 Å². The predicted octanol–water partition coefficient (Wildman–Crippen LogP) is 5.76. The average Bonchev–Trinajstić information content (AvgIpc) is 2.57. The molecular formula is C20H23FO. The van der Waals surface area contributed by atoms with Crippen molar-refractivity contribution in [2.75, 3.05) is 6.61 Å². The van der Waals surface area contributed by atoms with Crippen LogP contribution in [0.3, 0.4) is 0 Å². The van der Waals surface area contributed by atoms with Crippen molar-refractivity contribution in [3.63, 3.8) is 0 Å².